The van der Waals surface area contributed by atoms with E-state index in [1.807, 2.05) is 67.6 Å². The van der Waals surface area contributed by atoms with Crippen LogP contribution in [0.5, 0.6) is 0 Å². The molecule has 0 aliphatic carbocycles. The summed E-state index contributed by atoms with van der Waals surface area (Å²) in [5.41, 5.74) is 6.86. The van der Waals surface area contributed by atoms with Gasteiger partial charge in [0.25, 0.3) is 5.91 Å². The Morgan fingerprint density at radius 3 is 2.33 bits per heavy atom. The highest BCUT2D eigenvalue weighted by Gasteiger charge is 2.20. The van der Waals surface area contributed by atoms with Gasteiger partial charge in [-0.2, -0.15) is 0 Å². The summed E-state index contributed by atoms with van der Waals surface area (Å²) in [6.07, 6.45) is 0.566. The number of nitrogens with one attached hydrogen (secondary N) is 2. The summed E-state index contributed by atoms with van der Waals surface area (Å²) in [4.78, 5) is 29.7. The smallest absolute Gasteiger partial charge is 0.266 e. The minimum Gasteiger partial charge on any atom is -0.266 e. The zero-order valence-corrected chi connectivity index (χ0v) is 16.8. The van der Waals surface area contributed by atoms with E-state index in [0.717, 1.165) is 22.8 Å². The number of aromatic nitrogens is 5. The molecular weight excluding hydrogens is 402 g/mol. The fourth-order valence-corrected chi connectivity index (χ4v) is 3.42. The van der Waals surface area contributed by atoms with Crippen molar-refractivity contribution in [2.45, 2.75) is 13.3 Å². The third kappa shape index (κ3) is 3.94. The van der Waals surface area contributed by atoms with Crippen LogP contribution in [-0.4, -0.2) is 36.2 Å². The van der Waals surface area contributed by atoms with E-state index < -0.39 is 11.8 Å². The minimum atomic E-state index is -0.634. The third-order valence-electron chi connectivity index (χ3n) is 4.23. The lowest BCUT2D eigenvalue weighted by Gasteiger charge is -2.05. The zero-order chi connectivity index (χ0) is 20.9. The lowest BCUT2D eigenvalue weighted by molar-refractivity contribution is 0.0842. The highest BCUT2D eigenvalue weighted by molar-refractivity contribution is 7.08. The molecule has 0 radical (unpaired) electrons. The van der Waals surface area contributed by atoms with Gasteiger partial charge >= 0.3 is 5.91 Å². The van der Waals surface area contributed by atoms with E-state index in [0.29, 0.717) is 22.8 Å². The van der Waals surface area contributed by atoms with Crippen molar-refractivity contribution in [1.29, 1.82) is 0 Å². The number of aryl methyl sites for hydroxylation is 1. The maximum Gasteiger partial charge on any atom is 0.309 e. The number of amides is 2. The van der Waals surface area contributed by atoms with Gasteiger partial charge in [0.2, 0.25) is 5.82 Å². The van der Waals surface area contributed by atoms with Crippen molar-refractivity contribution in [3.05, 3.63) is 77.1 Å². The van der Waals surface area contributed by atoms with Crippen LogP contribution in [0.15, 0.2) is 60.7 Å². The molecule has 150 valence electrons. The summed E-state index contributed by atoms with van der Waals surface area (Å²) < 4.78 is 5.36. The lowest BCUT2D eigenvalue weighted by Crippen LogP contribution is -2.42. The number of hydrogen-bond acceptors (Lipinski definition) is 7. The third-order valence-corrected chi connectivity index (χ3v) is 5.00. The molecule has 4 aromatic rings. The van der Waals surface area contributed by atoms with E-state index in [1.165, 1.54) is 0 Å². The molecule has 0 fully saturated rings. The molecule has 0 aliphatic heterocycles. The molecule has 9 nitrogen and oxygen atoms in total. The van der Waals surface area contributed by atoms with Crippen LogP contribution in [-0.2, 0) is 6.42 Å². The van der Waals surface area contributed by atoms with E-state index >= 15 is 0 Å². The molecule has 0 spiro atoms. The number of hydrogen-bond donors (Lipinski definition) is 2. The molecule has 2 heterocycles. The summed E-state index contributed by atoms with van der Waals surface area (Å²) in [7, 11) is 0. The zero-order valence-electron chi connectivity index (χ0n) is 15.9. The van der Waals surface area contributed by atoms with Crippen LogP contribution in [0.3, 0.4) is 0 Å². The lowest BCUT2D eigenvalue weighted by atomic mass is 10.2. The molecule has 0 unspecified atom stereocenters. The standard InChI is InChI=1S/C20H17N7O2S/c1-2-15-16(30-26-22-15)19(28)23-24-20(29)17-21-18(13-9-5-3-6-10-13)27(25-17)14-11-7-4-8-12-14/h3-12H,2H2,1H3,(H,23,28)(H,24,29). The van der Waals surface area contributed by atoms with Crippen molar-refractivity contribution in [2.75, 3.05) is 0 Å². The Morgan fingerprint density at radius 2 is 1.63 bits per heavy atom. The second-order valence-corrected chi connectivity index (χ2v) is 6.94. The van der Waals surface area contributed by atoms with E-state index in [1.54, 1.807) is 4.68 Å². The van der Waals surface area contributed by atoms with Gasteiger partial charge in [-0.1, -0.05) is 59.9 Å². The highest BCUT2D eigenvalue weighted by atomic mass is 32.1. The fourth-order valence-electron chi connectivity index (χ4n) is 2.77. The van der Waals surface area contributed by atoms with Crippen LogP contribution in [0.2, 0.25) is 0 Å². The molecule has 2 amide bonds. The first-order chi connectivity index (χ1) is 14.7. The number of para-hydroxylation sites is 1. The van der Waals surface area contributed by atoms with E-state index in [2.05, 4.69) is 30.5 Å². The summed E-state index contributed by atoms with van der Waals surface area (Å²) in [5, 5.41) is 8.24. The van der Waals surface area contributed by atoms with Gasteiger partial charge in [0.1, 0.15) is 4.88 Å². The molecule has 10 heteroatoms. The first-order valence-corrected chi connectivity index (χ1v) is 9.94. The van der Waals surface area contributed by atoms with Crippen LogP contribution in [0.25, 0.3) is 17.1 Å². The first kappa shape index (κ1) is 19.4. The number of benzene rings is 2. The maximum absolute atomic E-state index is 12.6. The maximum atomic E-state index is 12.6. The number of carbonyl (C=O) groups is 2. The molecule has 0 saturated carbocycles. The second kappa shape index (κ2) is 8.62. The number of nitrogens with zero attached hydrogens (tertiary/aromatic N) is 5. The molecule has 0 atom stereocenters. The Kier molecular flexibility index (Phi) is 5.57. The van der Waals surface area contributed by atoms with Crippen molar-refractivity contribution in [2.24, 2.45) is 0 Å². The van der Waals surface area contributed by atoms with Crippen molar-refractivity contribution >= 4 is 23.3 Å². The first-order valence-electron chi connectivity index (χ1n) is 9.17. The SMILES string of the molecule is CCc1nnsc1C(=O)NNC(=O)c1nc(-c2ccccc2)n(-c2ccccc2)n1. The van der Waals surface area contributed by atoms with Crippen LogP contribution in [0, 0.1) is 0 Å². The predicted octanol–water partition coefficient (Wildman–Crippen LogP) is 2.42. The van der Waals surface area contributed by atoms with Crippen LogP contribution < -0.4 is 10.9 Å². The van der Waals surface area contributed by atoms with Gasteiger partial charge in [0.15, 0.2) is 5.82 Å². The van der Waals surface area contributed by atoms with Gasteiger partial charge in [-0.15, -0.1) is 10.2 Å². The molecule has 2 aromatic heterocycles. The van der Waals surface area contributed by atoms with E-state index in [4.69, 9.17) is 0 Å². The summed E-state index contributed by atoms with van der Waals surface area (Å²) in [6, 6.07) is 18.8. The molecule has 2 aromatic carbocycles. The Morgan fingerprint density at radius 1 is 0.967 bits per heavy atom. The quantitative estimate of drug-likeness (QED) is 0.480. The monoisotopic (exact) mass is 419 g/mol. The fraction of sp³-hybridized carbons (Fsp3) is 0.100. The Hall–Kier alpha value is -3.92. The van der Waals surface area contributed by atoms with E-state index in [9.17, 15) is 9.59 Å². The number of carbonyl (C=O) groups excluding carboxylic acids is 2. The van der Waals surface area contributed by atoms with Gasteiger partial charge in [-0.05, 0) is 30.1 Å². The van der Waals surface area contributed by atoms with Gasteiger partial charge in [0.05, 0.1) is 11.4 Å². The van der Waals surface area contributed by atoms with Gasteiger partial charge < -0.3 is 0 Å². The Balaban J connectivity index is 1.59. The summed E-state index contributed by atoms with van der Waals surface area (Å²) >= 11 is 0.971. The summed E-state index contributed by atoms with van der Waals surface area (Å²) in [6.45, 7) is 1.87. The van der Waals surface area contributed by atoms with Crippen molar-refractivity contribution in [3.63, 3.8) is 0 Å². The van der Waals surface area contributed by atoms with E-state index in [-0.39, 0.29) is 5.82 Å². The van der Waals surface area contributed by atoms with Crippen LogP contribution >= 0.6 is 11.5 Å². The van der Waals surface area contributed by atoms with Crippen molar-refractivity contribution in [3.8, 4) is 17.1 Å². The molecular formula is C20H17N7O2S. The molecule has 2 N–H and O–H groups in total. The summed E-state index contributed by atoms with van der Waals surface area (Å²) in [5.74, 6) is -0.680. The van der Waals surface area contributed by atoms with Gasteiger partial charge in [-0.3, -0.25) is 20.4 Å². The average Bonchev–Trinajstić information content (AvgIpc) is 3.46. The Labute approximate surface area is 175 Å². The number of hydrazine groups is 1. The highest BCUT2D eigenvalue weighted by Crippen LogP contribution is 2.21. The molecule has 0 aliphatic rings. The van der Waals surface area contributed by atoms with Crippen molar-refractivity contribution in [1.82, 2.24) is 35.2 Å². The Bertz CT molecular complexity index is 1120. The predicted molar refractivity (Wildman–Crippen MR) is 111 cm³/mol. The molecule has 30 heavy (non-hydrogen) atoms. The molecule has 0 saturated heterocycles. The second-order valence-electron chi connectivity index (χ2n) is 6.18. The average molecular weight is 419 g/mol. The van der Waals surface area contributed by atoms with Crippen molar-refractivity contribution < 1.29 is 9.59 Å². The largest absolute Gasteiger partial charge is 0.309 e. The molecule has 4 rings (SSSR count). The minimum absolute atomic E-state index is 0.0730. The normalized spacial score (nSPS) is 10.6. The van der Waals surface area contributed by atoms with Crippen LogP contribution in [0.1, 0.15) is 32.9 Å². The van der Waals surface area contributed by atoms with Gasteiger partial charge in [0, 0.05) is 5.56 Å². The van der Waals surface area contributed by atoms with Crippen LogP contribution in [0.4, 0.5) is 0 Å². The number of rotatable bonds is 5. The molecule has 0 bridgehead atoms. The van der Waals surface area contributed by atoms with Gasteiger partial charge in [-0.25, -0.2) is 9.67 Å². The topological polar surface area (TPSA) is 115 Å².